The smallest absolute Gasteiger partial charge is 0.170 e. The van der Waals surface area contributed by atoms with Gasteiger partial charge in [0.1, 0.15) is 23.0 Å². The molecule has 146 valence electrons. The fourth-order valence-corrected chi connectivity index (χ4v) is 4.34. The lowest BCUT2D eigenvalue weighted by atomic mass is 9.82. The van der Waals surface area contributed by atoms with Gasteiger partial charge >= 0.3 is 0 Å². The quantitative estimate of drug-likeness (QED) is 0.652. The van der Waals surface area contributed by atoms with Crippen molar-refractivity contribution in [3.63, 3.8) is 0 Å². The molecule has 0 radical (unpaired) electrons. The van der Waals surface area contributed by atoms with E-state index in [4.69, 9.17) is 4.74 Å². The summed E-state index contributed by atoms with van der Waals surface area (Å²) in [5.74, 6) is 2.61. The summed E-state index contributed by atoms with van der Waals surface area (Å²) in [4.78, 5) is 24.2. The molecule has 1 spiro atoms. The second-order valence-electron chi connectivity index (χ2n) is 7.89. The number of anilines is 1. The summed E-state index contributed by atoms with van der Waals surface area (Å²) in [7, 11) is 0. The van der Waals surface area contributed by atoms with Gasteiger partial charge in [0.25, 0.3) is 0 Å². The lowest BCUT2D eigenvalue weighted by Crippen LogP contribution is -2.51. The summed E-state index contributed by atoms with van der Waals surface area (Å²) in [6.07, 6.45) is 2.06. The van der Waals surface area contributed by atoms with Crippen molar-refractivity contribution in [2.45, 2.75) is 31.8 Å². The van der Waals surface area contributed by atoms with E-state index in [0.29, 0.717) is 12.0 Å². The maximum absolute atomic E-state index is 12.6. The van der Waals surface area contributed by atoms with Crippen LogP contribution < -0.4 is 9.64 Å². The van der Waals surface area contributed by atoms with Gasteiger partial charge in [-0.25, -0.2) is 9.97 Å². The molecule has 0 bridgehead atoms. The molecular formula is C24H23N3O2. The molecule has 29 heavy (non-hydrogen) atoms. The Morgan fingerprint density at radius 1 is 0.966 bits per heavy atom. The molecule has 0 aliphatic carbocycles. The number of aryl methyl sites for hydroxylation is 1. The first-order valence-corrected chi connectivity index (χ1v) is 10.1. The number of Topliss-reactive ketones (excluding diaryl/α,β-unsaturated/α-hetero) is 1. The maximum Gasteiger partial charge on any atom is 0.170 e. The Bertz CT molecular complexity index is 1060. The van der Waals surface area contributed by atoms with E-state index >= 15 is 0 Å². The Morgan fingerprint density at radius 3 is 2.48 bits per heavy atom. The normalized spacial score (nSPS) is 17.7. The van der Waals surface area contributed by atoms with E-state index in [0.717, 1.165) is 54.6 Å². The fourth-order valence-electron chi connectivity index (χ4n) is 4.34. The average molecular weight is 385 g/mol. The van der Waals surface area contributed by atoms with E-state index in [9.17, 15) is 4.79 Å². The Hall–Kier alpha value is -3.21. The number of benzene rings is 2. The molecule has 0 amide bonds. The molecule has 1 aromatic heterocycles. The number of rotatable bonds is 2. The van der Waals surface area contributed by atoms with Crippen LogP contribution in [0.1, 0.15) is 35.4 Å². The molecule has 5 nitrogen and oxygen atoms in total. The van der Waals surface area contributed by atoms with Gasteiger partial charge in [0, 0.05) is 37.6 Å². The Labute approximate surface area is 170 Å². The van der Waals surface area contributed by atoms with Crippen LogP contribution in [0.15, 0.2) is 60.7 Å². The minimum Gasteiger partial charge on any atom is -0.486 e. The fraction of sp³-hybridized carbons (Fsp3) is 0.292. The first kappa shape index (κ1) is 17.9. The molecular weight excluding hydrogens is 362 g/mol. The summed E-state index contributed by atoms with van der Waals surface area (Å²) >= 11 is 0. The van der Waals surface area contributed by atoms with Crippen molar-refractivity contribution in [2.75, 3.05) is 18.0 Å². The minimum atomic E-state index is -0.397. The van der Waals surface area contributed by atoms with Gasteiger partial charge in [-0.3, -0.25) is 4.79 Å². The standard InChI is InChI=1S/C24H23N3O2/c1-17-25-20(18-7-3-2-4-8-18)15-23(26-17)27-13-11-24(12-14-27)16-21(28)19-9-5-6-10-22(19)29-24/h2-10,15H,11-14,16H2,1H3. The van der Waals surface area contributed by atoms with Gasteiger partial charge in [0.05, 0.1) is 17.7 Å². The van der Waals surface area contributed by atoms with Gasteiger partial charge in [-0.15, -0.1) is 0 Å². The van der Waals surface area contributed by atoms with Crippen molar-refractivity contribution >= 4 is 11.6 Å². The van der Waals surface area contributed by atoms with E-state index in [1.54, 1.807) is 0 Å². The first-order valence-electron chi connectivity index (χ1n) is 10.1. The summed E-state index contributed by atoms with van der Waals surface area (Å²) in [6.45, 7) is 3.54. The number of piperidine rings is 1. The molecule has 5 heteroatoms. The number of fused-ring (bicyclic) bond motifs is 1. The molecule has 2 aromatic carbocycles. The van der Waals surface area contributed by atoms with Gasteiger partial charge in [0.15, 0.2) is 5.78 Å². The number of ketones is 1. The summed E-state index contributed by atoms with van der Waals surface area (Å²) in [5, 5.41) is 0. The van der Waals surface area contributed by atoms with E-state index in [-0.39, 0.29) is 5.78 Å². The van der Waals surface area contributed by atoms with Crippen LogP contribution in [0.25, 0.3) is 11.3 Å². The molecule has 0 N–H and O–H groups in total. The van der Waals surface area contributed by atoms with Crippen LogP contribution >= 0.6 is 0 Å². The molecule has 1 saturated heterocycles. The molecule has 2 aliphatic rings. The van der Waals surface area contributed by atoms with E-state index in [1.807, 2.05) is 49.4 Å². The predicted molar refractivity (Wildman–Crippen MR) is 112 cm³/mol. The van der Waals surface area contributed by atoms with Crippen LogP contribution in [0.5, 0.6) is 5.75 Å². The van der Waals surface area contributed by atoms with Crippen LogP contribution in [0.3, 0.4) is 0 Å². The summed E-state index contributed by atoms with van der Waals surface area (Å²) in [5.41, 5.74) is 2.34. The van der Waals surface area contributed by atoms with Crippen LogP contribution in [0, 0.1) is 6.92 Å². The first-order chi connectivity index (χ1) is 14.1. The van der Waals surface area contributed by atoms with E-state index in [2.05, 4.69) is 33.1 Å². The zero-order valence-corrected chi connectivity index (χ0v) is 16.5. The van der Waals surface area contributed by atoms with Crippen LogP contribution in [-0.2, 0) is 0 Å². The third-order valence-electron chi connectivity index (χ3n) is 5.89. The van der Waals surface area contributed by atoms with Gasteiger partial charge < -0.3 is 9.64 Å². The second kappa shape index (κ2) is 6.99. The highest BCUT2D eigenvalue weighted by atomic mass is 16.5. The van der Waals surface area contributed by atoms with E-state index in [1.165, 1.54) is 0 Å². The summed E-state index contributed by atoms with van der Waals surface area (Å²) in [6, 6.07) is 19.8. The van der Waals surface area contributed by atoms with Crippen molar-refractivity contribution < 1.29 is 9.53 Å². The number of aromatic nitrogens is 2. The third kappa shape index (κ3) is 3.37. The topological polar surface area (TPSA) is 55.3 Å². The van der Waals surface area contributed by atoms with Crippen LogP contribution in [-0.4, -0.2) is 34.4 Å². The van der Waals surface area contributed by atoms with Crippen molar-refractivity contribution in [1.82, 2.24) is 9.97 Å². The zero-order valence-electron chi connectivity index (χ0n) is 16.5. The molecule has 2 aliphatic heterocycles. The number of hydrogen-bond acceptors (Lipinski definition) is 5. The van der Waals surface area contributed by atoms with Crippen molar-refractivity contribution in [3.8, 4) is 17.0 Å². The highest BCUT2D eigenvalue weighted by Crippen LogP contribution is 2.40. The lowest BCUT2D eigenvalue weighted by molar-refractivity contribution is 0.0231. The molecule has 3 aromatic rings. The van der Waals surface area contributed by atoms with E-state index < -0.39 is 5.60 Å². The van der Waals surface area contributed by atoms with Crippen molar-refractivity contribution in [1.29, 1.82) is 0 Å². The van der Waals surface area contributed by atoms with Gasteiger partial charge in [-0.2, -0.15) is 0 Å². The zero-order chi connectivity index (χ0) is 19.8. The molecule has 0 atom stereocenters. The summed E-state index contributed by atoms with van der Waals surface area (Å²) < 4.78 is 6.35. The monoisotopic (exact) mass is 385 g/mol. The minimum absolute atomic E-state index is 0.185. The number of hydrogen-bond donors (Lipinski definition) is 0. The Kier molecular flexibility index (Phi) is 4.31. The Balaban J connectivity index is 1.37. The maximum atomic E-state index is 12.6. The van der Waals surface area contributed by atoms with Gasteiger partial charge in [-0.05, 0) is 19.1 Å². The molecule has 0 saturated carbocycles. The molecule has 1 fully saturated rings. The highest BCUT2D eigenvalue weighted by molar-refractivity contribution is 6.00. The number of ether oxygens (including phenoxy) is 1. The van der Waals surface area contributed by atoms with Crippen molar-refractivity contribution in [3.05, 3.63) is 72.1 Å². The van der Waals surface area contributed by atoms with Gasteiger partial charge in [0.2, 0.25) is 0 Å². The lowest BCUT2D eigenvalue weighted by Gasteiger charge is -2.44. The predicted octanol–water partition coefficient (Wildman–Crippen LogP) is 4.46. The Morgan fingerprint density at radius 2 is 1.69 bits per heavy atom. The van der Waals surface area contributed by atoms with Gasteiger partial charge in [-0.1, -0.05) is 42.5 Å². The number of carbonyl (C=O) groups excluding carboxylic acids is 1. The van der Waals surface area contributed by atoms with Crippen LogP contribution in [0.4, 0.5) is 5.82 Å². The third-order valence-corrected chi connectivity index (χ3v) is 5.89. The number of carbonyl (C=O) groups is 1. The number of nitrogens with zero attached hydrogens (tertiary/aromatic N) is 3. The average Bonchev–Trinajstić information content (AvgIpc) is 2.74. The highest BCUT2D eigenvalue weighted by Gasteiger charge is 2.43. The largest absolute Gasteiger partial charge is 0.486 e. The number of para-hydroxylation sites is 1. The molecule has 3 heterocycles. The van der Waals surface area contributed by atoms with Crippen LogP contribution in [0.2, 0.25) is 0 Å². The SMILES string of the molecule is Cc1nc(-c2ccccc2)cc(N2CCC3(CC2)CC(=O)c2ccccc2O3)n1. The molecule has 0 unspecified atom stereocenters. The molecule has 5 rings (SSSR count). The second-order valence-corrected chi connectivity index (χ2v) is 7.89. The van der Waals surface area contributed by atoms with Crippen molar-refractivity contribution in [2.24, 2.45) is 0 Å².